The molecular weight excluding hydrogens is 409 g/mol. The van der Waals surface area contributed by atoms with Gasteiger partial charge >= 0.3 is 0 Å². The summed E-state index contributed by atoms with van der Waals surface area (Å²) >= 11 is 18.3. The van der Waals surface area contributed by atoms with Gasteiger partial charge in [0.15, 0.2) is 0 Å². The number of ether oxygens (including phenoxy) is 3. The van der Waals surface area contributed by atoms with Gasteiger partial charge in [-0.2, -0.15) is 0 Å². The number of benzene rings is 2. The van der Waals surface area contributed by atoms with Crippen LogP contribution in [0.15, 0.2) is 48.2 Å². The highest BCUT2D eigenvalue weighted by atomic mass is 35.5. The summed E-state index contributed by atoms with van der Waals surface area (Å²) in [6.45, 7) is 3.41. The third-order valence-electron chi connectivity index (χ3n) is 4.59. The molecule has 1 saturated heterocycles. The van der Waals surface area contributed by atoms with Crippen molar-refractivity contribution in [3.63, 3.8) is 0 Å². The number of hydrogen-bond acceptors (Lipinski definition) is 4. The molecule has 2 aliphatic rings. The minimum atomic E-state index is 0.00638. The van der Waals surface area contributed by atoms with Gasteiger partial charge in [0.05, 0.1) is 24.3 Å². The molecule has 0 aliphatic carbocycles. The quantitative estimate of drug-likeness (QED) is 0.657. The lowest BCUT2D eigenvalue weighted by Gasteiger charge is -2.32. The standard InChI is InChI=1S/C20H18Cl3NO3/c21-13-1-3-17-15(11-13)20(24-6-9-25-10-7-24)19(27-17)5-8-26-18-4-2-14(22)12-16(18)23/h1-5,11-12,20H,6-10H2. The SMILES string of the molecule is Clc1ccc(OCC=C2Oc3ccc(Cl)cc3C2N2CCOCC2)c(Cl)c1. The van der Waals surface area contributed by atoms with Crippen LogP contribution < -0.4 is 9.47 Å². The summed E-state index contributed by atoms with van der Waals surface area (Å²) in [5.41, 5.74) is 1.07. The van der Waals surface area contributed by atoms with Gasteiger partial charge in [0.1, 0.15) is 23.9 Å². The lowest BCUT2D eigenvalue weighted by molar-refractivity contribution is 0.0206. The van der Waals surface area contributed by atoms with E-state index in [9.17, 15) is 0 Å². The van der Waals surface area contributed by atoms with Gasteiger partial charge in [-0.3, -0.25) is 4.90 Å². The molecular formula is C20H18Cl3NO3. The summed E-state index contributed by atoms with van der Waals surface area (Å²) in [6, 6.07) is 10.9. The maximum Gasteiger partial charge on any atom is 0.138 e. The average Bonchev–Trinajstić information content (AvgIpc) is 3.01. The molecule has 2 aliphatic heterocycles. The lowest BCUT2D eigenvalue weighted by atomic mass is 10.0. The van der Waals surface area contributed by atoms with Gasteiger partial charge in [-0.05, 0) is 42.5 Å². The Labute approximate surface area is 173 Å². The van der Waals surface area contributed by atoms with E-state index < -0.39 is 0 Å². The van der Waals surface area contributed by atoms with Gasteiger partial charge in [0, 0.05) is 28.7 Å². The minimum absolute atomic E-state index is 0.00638. The number of fused-ring (bicyclic) bond motifs is 1. The highest BCUT2D eigenvalue weighted by molar-refractivity contribution is 6.35. The molecule has 1 atom stereocenters. The summed E-state index contributed by atoms with van der Waals surface area (Å²) in [7, 11) is 0. The third-order valence-corrected chi connectivity index (χ3v) is 5.36. The normalized spacial score (nSPS) is 21.1. The molecule has 1 fully saturated rings. The molecule has 0 spiro atoms. The van der Waals surface area contributed by atoms with E-state index in [0.29, 0.717) is 40.6 Å². The topological polar surface area (TPSA) is 30.9 Å². The first-order valence-corrected chi connectivity index (χ1v) is 9.82. The van der Waals surface area contributed by atoms with Gasteiger partial charge in [-0.25, -0.2) is 0 Å². The van der Waals surface area contributed by atoms with Gasteiger partial charge < -0.3 is 14.2 Å². The van der Waals surface area contributed by atoms with Crippen LogP contribution in [0.4, 0.5) is 0 Å². The van der Waals surface area contributed by atoms with Crippen molar-refractivity contribution in [2.45, 2.75) is 6.04 Å². The monoisotopic (exact) mass is 425 g/mol. The van der Waals surface area contributed by atoms with Crippen LogP contribution >= 0.6 is 34.8 Å². The van der Waals surface area contributed by atoms with Crippen LogP contribution in [0.25, 0.3) is 0 Å². The number of rotatable bonds is 4. The van der Waals surface area contributed by atoms with E-state index in [0.717, 1.165) is 30.2 Å². The molecule has 4 rings (SSSR count). The molecule has 27 heavy (non-hydrogen) atoms. The van der Waals surface area contributed by atoms with Crippen molar-refractivity contribution in [1.82, 2.24) is 4.90 Å². The first-order chi connectivity index (χ1) is 13.1. The van der Waals surface area contributed by atoms with Crippen molar-refractivity contribution < 1.29 is 14.2 Å². The smallest absolute Gasteiger partial charge is 0.138 e. The molecule has 0 aromatic heterocycles. The van der Waals surface area contributed by atoms with Crippen molar-refractivity contribution in [2.24, 2.45) is 0 Å². The van der Waals surface area contributed by atoms with Crippen molar-refractivity contribution in [2.75, 3.05) is 32.9 Å². The zero-order valence-electron chi connectivity index (χ0n) is 14.5. The van der Waals surface area contributed by atoms with Crippen molar-refractivity contribution in [3.8, 4) is 11.5 Å². The fraction of sp³-hybridized carbons (Fsp3) is 0.300. The molecule has 4 nitrogen and oxygen atoms in total. The Morgan fingerprint density at radius 1 is 1.04 bits per heavy atom. The average molecular weight is 427 g/mol. The zero-order chi connectivity index (χ0) is 18.8. The lowest BCUT2D eigenvalue weighted by Crippen LogP contribution is -2.39. The van der Waals surface area contributed by atoms with Crippen LogP contribution in [-0.4, -0.2) is 37.8 Å². The highest BCUT2D eigenvalue weighted by Crippen LogP contribution is 2.44. The van der Waals surface area contributed by atoms with Gasteiger partial charge in [0.25, 0.3) is 0 Å². The molecule has 0 radical (unpaired) electrons. The zero-order valence-corrected chi connectivity index (χ0v) is 16.7. The van der Waals surface area contributed by atoms with E-state index in [1.807, 2.05) is 24.3 Å². The second-order valence-corrected chi connectivity index (χ2v) is 7.61. The number of hydrogen-bond donors (Lipinski definition) is 0. The summed E-state index contributed by atoms with van der Waals surface area (Å²) in [4.78, 5) is 2.34. The molecule has 142 valence electrons. The van der Waals surface area contributed by atoms with Crippen LogP contribution in [0.2, 0.25) is 15.1 Å². The van der Waals surface area contributed by atoms with Crippen molar-refractivity contribution in [3.05, 3.63) is 68.9 Å². The van der Waals surface area contributed by atoms with E-state index >= 15 is 0 Å². The number of nitrogens with zero attached hydrogens (tertiary/aromatic N) is 1. The minimum Gasteiger partial charge on any atom is -0.488 e. The second kappa shape index (κ2) is 8.29. The van der Waals surface area contributed by atoms with Gasteiger partial charge in [-0.15, -0.1) is 0 Å². The molecule has 1 unspecified atom stereocenters. The maximum absolute atomic E-state index is 6.22. The Balaban J connectivity index is 1.55. The summed E-state index contributed by atoms with van der Waals surface area (Å²) in [5, 5.41) is 1.75. The van der Waals surface area contributed by atoms with Crippen molar-refractivity contribution in [1.29, 1.82) is 0 Å². The van der Waals surface area contributed by atoms with E-state index in [4.69, 9.17) is 49.0 Å². The second-order valence-electron chi connectivity index (χ2n) is 6.33. The molecule has 2 aromatic rings. The summed E-state index contributed by atoms with van der Waals surface area (Å²) < 4.78 is 17.4. The van der Waals surface area contributed by atoms with E-state index in [1.54, 1.807) is 18.2 Å². The van der Waals surface area contributed by atoms with Crippen molar-refractivity contribution >= 4 is 34.8 Å². The molecule has 2 heterocycles. The predicted octanol–water partition coefficient (Wildman–Crippen LogP) is 5.38. The van der Waals surface area contributed by atoms with Gasteiger partial charge in [0.2, 0.25) is 0 Å². The molecule has 0 amide bonds. The molecule has 7 heteroatoms. The number of morpholine rings is 1. The predicted molar refractivity (Wildman–Crippen MR) is 107 cm³/mol. The van der Waals surface area contributed by atoms with Crippen LogP contribution in [0, 0.1) is 0 Å². The molecule has 2 aromatic carbocycles. The largest absolute Gasteiger partial charge is 0.488 e. The Hall–Kier alpha value is -1.43. The molecule has 0 N–H and O–H groups in total. The van der Waals surface area contributed by atoms with Crippen LogP contribution in [0.1, 0.15) is 11.6 Å². The Kier molecular flexibility index (Phi) is 5.81. The molecule has 0 bridgehead atoms. The van der Waals surface area contributed by atoms with E-state index in [2.05, 4.69) is 4.90 Å². The van der Waals surface area contributed by atoms with Gasteiger partial charge in [-0.1, -0.05) is 34.8 Å². The third kappa shape index (κ3) is 4.20. The Morgan fingerprint density at radius 2 is 1.78 bits per heavy atom. The Morgan fingerprint density at radius 3 is 2.56 bits per heavy atom. The Bertz CT molecular complexity index is 866. The number of halogens is 3. The summed E-state index contributed by atoms with van der Waals surface area (Å²) in [5.74, 6) is 2.24. The fourth-order valence-corrected chi connectivity index (χ4v) is 3.98. The summed E-state index contributed by atoms with van der Waals surface area (Å²) in [6.07, 6.45) is 1.94. The van der Waals surface area contributed by atoms with Crippen LogP contribution in [-0.2, 0) is 4.74 Å². The van der Waals surface area contributed by atoms with Crippen LogP contribution in [0.5, 0.6) is 11.5 Å². The van der Waals surface area contributed by atoms with E-state index in [1.165, 1.54) is 0 Å². The fourth-order valence-electron chi connectivity index (χ4n) is 3.33. The van der Waals surface area contributed by atoms with Crippen LogP contribution in [0.3, 0.4) is 0 Å². The first-order valence-electron chi connectivity index (χ1n) is 8.69. The molecule has 0 saturated carbocycles. The van der Waals surface area contributed by atoms with E-state index in [-0.39, 0.29) is 6.04 Å². The first kappa shape index (κ1) is 18.9. The maximum atomic E-state index is 6.22. The highest BCUT2D eigenvalue weighted by Gasteiger charge is 2.35.